The number of sulfonamides is 1. The SMILES string of the molecule is CCCCS(=O)(=O)NCCc1nc(-c2ccccc2OC)no1. The quantitative estimate of drug-likeness (QED) is 0.751. The summed E-state index contributed by atoms with van der Waals surface area (Å²) in [5.41, 5.74) is 0.730. The highest BCUT2D eigenvalue weighted by atomic mass is 32.2. The number of unbranched alkanes of at least 4 members (excludes halogenated alkanes) is 1. The van der Waals surface area contributed by atoms with E-state index in [0.717, 1.165) is 12.0 Å². The number of nitrogens with one attached hydrogen (secondary N) is 1. The van der Waals surface area contributed by atoms with E-state index >= 15 is 0 Å². The van der Waals surface area contributed by atoms with Gasteiger partial charge in [-0.1, -0.05) is 30.6 Å². The van der Waals surface area contributed by atoms with Crippen molar-refractivity contribution in [2.75, 3.05) is 19.4 Å². The van der Waals surface area contributed by atoms with Crippen LogP contribution in [0.1, 0.15) is 25.7 Å². The molecule has 0 unspecified atom stereocenters. The van der Waals surface area contributed by atoms with E-state index in [4.69, 9.17) is 9.26 Å². The first-order valence-electron chi connectivity index (χ1n) is 7.49. The van der Waals surface area contributed by atoms with Gasteiger partial charge >= 0.3 is 0 Å². The van der Waals surface area contributed by atoms with Gasteiger partial charge in [-0.3, -0.25) is 0 Å². The van der Waals surface area contributed by atoms with Crippen molar-refractivity contribution < 1.29 is 17.7 Å². The molecule has 0 saturated heterocycles. The topological polar surface area (TPSA) is 94.3 Å². The van der Waals surface area contributed by atoms with Crippen LogP contribution in [-0.2, 0) is 16.4 Å². The lowest BCUT2D eigenvalue weighted by Crippen LogP contribution is -2.28. The highest BCUT2D eigenvalue weighted by Gasteiger charge is 2.14. The van der Waals surface area contributed by atoms with Crippen molar-refractivity contribution in [3.05, 3.63) is 30.2 Å². The Labute approximate surface area is 136 Å². The minimum absolute atomic E-state index is 0.139. The summed E-state index contributed by atoms with van der Waals surface area (Å²) in [4.78, 5) is 4.28. The zero-order chi connectivity index (χ0) is 16.7. The lowest BCUT2D eigenvalue weighted by atomic mass is 10.2. The van der Waals surface area contributed by atoms with E-state index in [0.29, 0.717) is 30.3 Å². The summed E-state index contributed by atoms with van der Waals surface area (Å²) in [5.74, 6) is 1.59. The van der Waals surface area contributed by atoms with Crippen molar-refractivity contribution in [3.8, 4) is 17.1 Å². The molecular weight excluding hydrogens is 318 g/mol. The number of nitrogens with zero attached hydrogens (tertiary/aromatic N) is 2. The van der Waals surface area contributed by atoms with Crippen molar-refractivity contribution in [1.29, 1.82) is 0 Å². The molecule has 0 saturated carbocycles. The van der Waals surface area contributed by atoms with Gasteiger partial charge in [0.1, 0.15) is 5.75 Å². The molecule has 0 amide bonds. The van der Waals surface area contributed by atoms with E-state index in [1.165, 1.54) is 0 Å². The Balaban J connectivity index is 1.95. The predicted octanol–water partition coefficient (Wildman–Crippen LogP) is 2.01. The molecule has 1 N–H and O–H groups in total. The Kier molecular flexibility index (Phi) is 6.12. The number of ether oxygens (including phenoxy) is 1. The first-order chi connectivity index (χ1) is 11.1. The van der Waals surface area contributed by atoms with Crippen molar-refractivity contribution in [2.45, 2.75) is 26.2 Å². The van der Waals surface area contributed by atoms with Gasteiger partial charge in [-0.2, -0.15) is 4.98 Å². The summed E-state index contributed by atoms with van der Waals surface area (Å²) in [6, 6.07) is 7.36. The first-order valence-corrected chi connectivity index (χ1v) is 9.14. The summed E-state index contributed by atoms with van der Waals surface area (Å²) in [6.45, 7) is 2.19. The number of methoxy groups -OCH3 is 1. The largest absolute Gasteiger partial charge is 0.496 e. The zero-order valence-electron chi connectivity index (χ0n) is 13.3. The lowest BCUT2D eigenvalue weighted by molar-refractivity contribution is 0.378. The zero-order valence-corrected chi connectivity index (χ0v) is 14.1. The average molecular weight is 339 g/mol. The van der Waals surface area contributed by atoms with Crippen LogP contribution in [-0.4, -0.2) is 38.0 Å². The molecule has 0 spiro atoms. The van der Waals surface area contributed by atoms with Crippen LogP contribution in [0.15, 0.2) is 28.8 Å². The van der Waals surface area contributed by atoms with Crippen LogP contribution >= 0.6 is 0 Å². The molecule has 0 fully saturated rings. The normalized spacial score (nSPS) is 11.6. The van der Waals surface area contributed by atoms with Gasteiger partial charge < -0.3 is 9.26 Å². The molecule has 1 aromatic carbocycles. The van der Waals surface area contributed by atoms with E-state index in [1.807, 2.05) is 31.2 Å². The van der Waals surface area contributed by atoms with Crippen molar-refractivity contribution in [3.63, 3.8) is 0 Å². The van der Waals surface area contributed by atoms with Crippen LogP contribution in [0.4, 0.5) is 0 Å². The van der Waals surface area contributed by atoms with E-state index in [2.05, 4.69) is 14.9 Å². The molecule has 0 radical (unpaired) electrons. The summed E-state index contributed by atoms with van der Waals surface area (Å²) in [7, 11) is -1.66. The molecule has 7 nitrogen and oxygen atoms in total. The Bertz CT molecular complexity index is 728. The maximum absolute atomic E-state index is 11.7. The molecule has 23 heavy (non-hydrogen) atoms. The minimum atomic E-state index is -3.23. The fourth-order valence-corrected chi connectivity index (χ4v) is 3.24. The molecule has 0 atom stereocenters. The first kappa shape index (κ1) is 17.4. The standard InChI is InChI=1S/C15H21N3O4S/c1-3-4-11-23(19,20)16-10-9-14-17-15(18-22-14)12-7-5-6-8-13(12)21-2/h5-8,16H,3-4,9-11H2,1-2H3. The smallest absolute Gasteiger partial charge is 0.228 e. The highest BCUT2D eigenvalue weighted by Crippen LogP contribution is 2.26. The van der Waals surface area contributed by atoms with E-state index in [1.54, 1.807) is 7.11 Å². The van der Waals surface area contributed by atoms with Crippen LogP contribution in [0.5, 0.6) is 5.75 Å². The molecule has 8 heteroatoms. The second kappa shape index (κ2) is 8.07. The molecule has 0 aliphatic carbocycles. The van der Waals surface area contributed by atoms with Gasteiger partial charge in [-0.15, -0.1) is 0 Å². The third kappa shape index (κ3) is 5.04. The lowest BCUT2D eigenvalue weighted by Gasteiger charge is -2.04. The monoisotopic (exact) mass is 339 g/mol. The molecule has 0 aliphatic rings. The van der Waals surface area contributed by atoms with Gasteiger partial charge in [0, 0.05) is 13.0 Å². The van der Waals surface area contributed by atoms with Gasteiger partial charge in [0.15, 0.2) is 0 Å². The summed E-state index contributed by atoms with van der Waals surface area (Å²) < 4.78 is 36.3. The fraction of sp³-hybridized carbons (Fsp3) is 0.467. The molecule has 0 aliphatic heterocycles. The molecule has 0 bridgehead atoms. The number of benzene rings is 1. The van der Waals surface area contributed by atoms with Crippen LogP contribution in [0.2, 0.25) is 0 Å². The molecule has 126 valence electrons. The molecular formula is C15H21N3O4S. The van der Waals surface area contributed by atoms with E-state index in [9.17, 15) is 8.42 Å². The summed E-state index contributed by atoms with van der Waals surface area (Å²) in [5, 5.41) is 3.92. The van der Waals surface area contributed by atoms with Gasteiger partial charge in [-0.25, -0.2) is 13.1 Å². The highest BCUT2D eigenvalue weighted by molar-refractivity contribution is 7.89. The number of para-hydroxylation sites is 1. The van der Waals surface area contributed by atoms with Crippen LogP contribution in [0, 0.1) is 0 Å². The van der Waals surface area contributed by atoms with Gasteiger partial charge in [0.25, 0.3) is 0 Å². The minimum Gasteiger partial charge on any atom is -0.496 e. The molecule has 2 aromatic rings. The van der Waals surface area contributed by atoms with Crippen molar-refractivity contribution in [2.24, 2.45) is 0 Å². The predicted molar refractivity (Wildman–Crippen MR) is 86.7 cm³/mol. The Morgan fingerprint density at radius 1 is 1.30 bits per heavy atom. The second-order valence-electron chi connectivity index (χ2n) is 5.03. The Morgan fingerprint density at radius 3 is 2.83 bits per heavy atom. The van der Waals surface area contributed by atoms with Gasteiger partial charge in [0.2, 0.25) is 21.7 Å². The van der Waals surface area contributed by atoms with Gasteiger partial charge in [0.05, 0.1) is 18.4 Å². The van der Waals surface area contributed by atoms with E-state index < -0.39 is 10.0 Å². The average Bonchev–Trinajstić information content (AvgIpc) is 3.01. The van der Waals surface area contributed by atoms with Crippen molar-refractivity contribution >= 4 is 10.0 Å². The number of aromatic nitrogens is 2. The van der Waals surface area contributed by atoms with Crippen molar-refractivity contribution in [1.82, 2.24) is 14.9 Å². The summed E-state index contributed by atoms with van der Waals surface area (Å²) in [6.07, 6.45) is 1.83. The van der Waals surface area contributed by atoms with Crippen LogP contribution < -0.4 is 9.46 Å². The third-order valence-electron chi connectivity index (χ3n) is 3.24. The number of hydrogen-bond donors (Lipinski definition) is 1. The van der Waals surface area contributed by atoms with Gasteiger partial charge in [-0.05, 0) is 18.6 Å². The van der Waals surface area contributed by atoms with E-state index in [-0.39, 0.29) is 12.3 Å². The second-order valence-corrected chi connectivity index (χ2v) is 6.96. The third-order valence-corrected chi connectivity index (χ3v) is 4.71. The number of hydrogen-bond acceptors (Lipinski definition) is 6. The summed E-state index contributed by atoms with van der Waals surface area (Å²) >= 11 is 0. The fourth-order valence-electron chi connectivity index (χ4n) is 2.02. The number of rotatable bonds is 9. The van der Waals surface area contributed by atoms with Crippen LogP contribution in [0.3, 0.4) is 0 Å². The molecule has 1 heterocycles. The Morgan fingerprint density at radius 2 is 2.09 bits per heavy atom. The van der Waals surface area contributed by atoms with Crippen LogP contribution in [0.25, 0.3) is 11.4 Å². The molecule has 1 aromatic heterocycles. The maximum atomic E-state index is 11.7. The Hall–Kier alpha value is -1.93. The molecule has 2 rings (SSSR count). The maximum Gasteiger partial charge on any atom is 0.228 e.